The number of nitrogens with one attached hydrogen (secondary N) is 2. The van der Waals surface area contributed by atoms with Gasteiger partial charge < -0.3 is 10.6 Å². The number of anilines is 1. The summed E-state index contributed by atoms with van der Waals surface area (Å²) in [7, 11) is 0.914. The number of thiol groups is 1. The van der Waals surface area contributed by atoms with Crippen LogP contribution in [-0.4, -0.2) is 63.2 Å². The maximum absolute atomic E-state index is 12.5. The minimum absolute atomic E-state index is 0.132. The number of nitrogens with zero attached hydrogens (tertiary/aromatic N) is 3. The summed E-state index contributed by atoms with van der Waals surface area (Å²) in [4.78, 5) is 18.1. The second-order valence-corrected chi connectivity index (χ2v) is 9.95. The van der Waals surface area contributed by atoms with Gasteiger partial charge in [0.2, 0.25) is 0 Å². The zero-order valence-electron chi connectivity index (χ0n) is 15.8. The highest BCUT2D eigenvalue weighted by Crippen LogP contribution is 2.30. The molecule has 2 amide bonds. The van der Waals surface area contributed by atoms with E-state index in [2.05, 4.69) is 28.2 Å². The fourth-order valence-corrected chi connectivity index (χ4v) is 5.03. The summed E-state index contributed by atoms with van der Waals surface area (Å²) in [6.07, 6.45) is 6.53. The van der Waals surface area contributed by atoms with E-state index in [9.17, 15) is 13.2 Å². The first-order valence-electron chi connectivity index (χ1n) is 8.34. The molecule has 27 heavy (non-hydrogen) atoms. The summed E-state index contributed by atoms with van der Waals surface area (Å²) >= 11 is 5.14. The third-order valence-corrected chi connectivity index (χ3v) is 7.76. The molecule has 1 aliphatic rings. The number of aryl methyl sites for hydroxylation is 1. The first-order chi connectivity index (χ1) is 12.7. The van der Waals surface area contributed by atoms with Crippen LogP contribution < -0.4 is 15.5 Å². The van der Waals surface area contributed by atoms with Crippen molar-refractivity contribution in [2.75, 3.05) is 38.3 Å². The number of rotatable bonds is 7. The van der Waals surface area contributed by atoms with E-state index in [4.69, 9.17) is 0 Å². The molecule has 11 heteroatoms. The molecule has 0 radical (unpaired) electrons. The SMILES string of the molecule is Cc1nc(N(C)C(=O)NC2C=CC(NCCS)=CC2)sc1S(=O)(=O)N(C)C. The van der Waals surface area contributed by atoms with Crippen molar-refractivity contribution in [1.82, 2.24) is 19.9 Å². The summed E-state index contributed by atoms with van der Waals surface area (Å²) in [6, 6.07) is -0.472. The lowest BCUT2D eigenvalue weighted by molar-refractivity contribution is 0.245. The van der Waals surface area contributed by atoms with E-state index >= 15 is 0 Å². The van der Waals surface area contributed by atoms with Crippen molar-refractivity contribution in [2.24, 2.45) is 0 Å². The van der Waals surface area contributed by atoms with Crippen LogP contribution in [0.3, 0.4) is 0 Å². The highest BCUT2D eigenvalue weighted by atomic mass is 32.2. The number of sulfonamides is 1. The topological polar surface area (TPSA) is 94.6 Å². The number of carbonyl (C=O) groups is 1. The number of amides is 2. The van der Waals surface area contributed by atoms with Crippen molar-refractivity contribution >= 4 is 45.2 Å². The molecule has 0 aromatic carbocycles. The largest absolute Gasteiger partial charge is 0.384 e. The predicted octanol–water partition coefficient (Wildman–Crippen LogP) is 1.58. The van der Waals surface area contributed by atoms with Crippen molar-refractivity contribution in [3.8, 4) is 0 Å². The van der Waals surface area contributed by atoms with E-state index in [1.807, 2.05) is 18.2 Å². The molecule has 0 spiro atoms. The van der Waals surface area contributed by atoms with E-state index < -0.39 is 10.0 Å². The highest BCUT2D eigenvalue weighted by Gasteiger charge is 2.27. The third kappa shape index (κ3) is 5.24. The maximum Gasteiger partial charge on any atom is 0.323 e. The van der Waals surface area contributed by atoms with Crippen LogP contribution in [0.1, 0.15) is 12.1 Å². The number of carbonyl (C=O) groups excluding carboxylic acids is 1. The Morgan fingerprint density at radius 1 is 1.41 bits per heavy atom. The van der Waals surface area contributed by atoms with Gasteiger partial charge in [-0.15, -0.1) is 0 Å². The molecule has 1 atom stereocenters. The van der Waals surface area contributed by atoms with Gasteiger partial charge in [0.15, 0.2) is 9.34 Å². The van der Waals surface area contributed by atoms with Gasteiger partial charge in [0.25, 0.3) is 10.0 Å². The molecule has 8 nitrogen and oxygen atoms in total. The fourth-order valence-electron chi connectivity index (χ4n) is 2.32. The average Bonchev–Trinajstić information content (AvgIpc) is 3.02. The Labute approximate surface area is 169 Å². The van der Waals surface area contributed by atoms with Crippen LogP contribution in [0, 0.1) is 6.92 Å². The molecule has 1 aromatic rings. The van der Waals surface area contributed by atoms with Gasteiger partial charge in [0.1, 0.15) is 0 Å². The third-order valence-electron chi connectivity index (χ3n) is 3.90. The molecule has 1 aliphatic carbocycles. The van der Waals surface area contributed by atoms with Crippen LogP contribution in [0.4, 0.5) is 9.93 Å². The molecule has 150 valence electrons. The van der Waals surface area contributed by atoms with Crippen LogP contribution in [-0.2, 0) is 10.0 Å². The van der Waals surface area contributed by atoms with E-state index in [1.165, 1.54) is 19.0 Å². The smallest absolute Gasteiger partial charge is 0.323 e. The minimum Gasteiger partial charge on any atom is -0.384 e. The molecule has 0 saturated heterocycles. The zero-order valence-corrected chi connectivity index (χ0v) is 18.3. The van der Waals surface area contributed by atoms with E-state index in [0.29, 0.717) is 17.2 Å². The lowest BCUT2D eigenvalue weighted by Gasteiger charge is -2.21. The Hall–Kier alpha value is -1.56. The van der Waals surface area contributed by atoms with Crippen molar-refractivity contribution in [2.45, 2.75) is 23.6 Å². The van der Waals surface area contributed by atoms with Gasteiger partial charge in [-0.05, 0) is 19.4 Å². The second kappa shape index (κ2) is 9.09. The Bertz CT molecular complexity index is 845. The van der Waals surface area contributed by atoms with Crippen LogP contribution >= 0.6 is 24.0 Å². The van der Waals surface area contributed by atoms with Crippen LogP contribution in [0.25, 0.3) is 0 Å². The fraction of sp³-hybridized carbons (Fsp3) is 0.500. The standard InChI is InChI=1S/C16H25N5O3S3/c1-11-14(27(23,24)20(2)3)26-16(18-11)21(4)15(22)19-13-7-5-12(6-8-13)17-9-10-25/h5-7,13,17,25H,8-10H2,1-4H3,(H,19,22). The van der Waals surface area contributed by atoms with Gasteiger partial charge in [0, 0.05) is 39.1 Å². The Balaban J connectivity index is 2.03. The number of urea groups is 1. The van der Waals surface area contributed by atoms with Gasteiger partial charge in [-0.25, -0.2) is 22.5 Å². The van der Waals surface area contributed by atoms with Crippen LogP contribution in [0.5, 0.6) is 0 Å². The monoisotopic (exact) mass is 431 g/mol. The van der Waals surface area contributed by atoms with E-state index in [-0.39, 0.29) is 16.3 Å². The molecular weight excluding hydrogens is 406 g/mol. The average molecular weight is 432 g/mol. The number of aromatic nitrogens is 1. The lowest BCUT2D eigenvalue weighted by Crippen LogP contribution is -2.43. The minimum atomic E-state index is -3.59. The molecule has 2 rings (SSSR count). The number of hydrogen-bond donors (Lipinski definition) is 3. The van der Waals surface area contributed by atoms with Crippen molar-refractivity contribution in [3.63, 3.8) is 0 Å². The van der Waals surface area contributed by atoms with E-state index in [0.717, 1.165) is 33.6 Å². The lowest BCUT2D eigenvalue weighted by atomic mass is 10.1. The molecule has 1 heterocycles. The summed E-state index contributed by atoms with van der Waals surface area (Å²) < 4.78 is 25.9. The molecule has 2 N–H and O–H groups in total. The van der Waals surface area contributed by atoms with Gasteiger partial charge in [-0.2, -0.15) is 12.6 Å². The number of allylic oxidation sites excluding steroid dienone is 1. The first-order valence-corrected chi connectivity index (χ1v) is 11.2. The maximum atomic E-state index is 12.5. The van der Waals surface area contributed by atoms with Crippen molar-refractivity contribution in [1.29, 1.82) is 0 Å². The number of hydrogen-bond acceptors (Lipinski definition) is 7. The predicted molar refractivity (Wildman–Crippen MR) is 112 cm³/mol. The highest BCUT2D eigenvalue weighted by molar-refractivity contribution is 7.91. The second-order valence-electron chi connectivity index (χ2n) is 6.18. The summed E-state index contributed by atoms with van der Waals surface area (Å²) in [5, 5.41) is 6.47. The molecule has 0 bridgehead atoms. The molecular formula is C16H25N5O3S3. The molecule has 0 saturated carbocycles. The zero-order chi connectivity index (χ0) is 20.2. The van der Waals surface area contributed by atoms with Gasteiger partial charge in [-0.3, -0.25) is 4.90 Å². The van der Waals surface area contributed by atoms with Crippen LogP contribution in [0.2, 0.25) is 0 Å². The summed E-state index contributed by atoms with van der Waals surface area (Å²) in [5.74, 6) is 0.745. The molecule has 1 unspecified atom stereocenters. The van der Waals surface area contributed by atoms with Gasteiger partial charge in [0.05, 0.1) is 11.7 Å². The summed E-state index contributed by atoms with van der Waals surface area (Å²) in [6.45, 7) is 2.40. The molecule has 1 aromatic heterocycles. The van der Waals surface area contributed by atoms with Crippen LogP contribution in [0.15, 0.2) is 28.1 Å². The Kier molecular flexibility index (Phi) is 7.32. The van der Waals surface area contributed by atoms with Gasteiger partial charge >= 0.3 is 6.03 Å². The number of thiazole rings is 1. The van der Waals surface area contributed by atoms with Gasteiger partial charge in [-0.1, -0.05) is 23.5 Å². The first kappa shape index (κ1) is 21.7. The van der Waals surface area contributed by atoms with E-state index in [1.54, 1.807) is 14.0 Å². The van der Waals surface area contributed by atoms with Crippen molar-refractivity contribution in [3.05, 3.63) is 29.6 Å². The molecule has 0 fully saturated rings. The quantitative estimate of drug-likeness (QED) is 0.570. The van der Waals surface area contributed by atoms with Crippen molar-refractivity contribution < 1.29 is 13.2 Å². The Morgan fingerprint density at radius 2 is 2.11 bits per heavy atom. The summed E-state index contributed by atoms with van der Waals surface area (Å²) in [5.41, 5.74) is 1.39. The molecule has 0 aliphatic heterocycles. The Morgan fingerprint density at radius 3 is 2.67 bits per heavy atom. The normalized spacial score (nSPS) is 17.0.